The van der Waals surface area contributed by atoms with Crippen molar-refractivity contribution in [3.05, 3.63) is 33.8 Å². The van der Waals surface area contributed by atoms with Crippen molar-refractivity contribution in [2.45, 2.75) is 38.1 Å². The molecule has 0 radical (unpaired) electrons. The molecular weight excluding hydrogens is 409 g/mol. The number of benzene rings is 1. The molecule has 1 aliphatic carbocycles. The fourth-order valence-electron chi connectivity index (χ4n) is 3.95. The highest BCUT2D eigenvalue weighted by molar-refractivity contribution is 6.36. The molecule has 150 valence electrons. The highest BCUT2D eigenvalue weighted by Gasteiger charge is 2.40. The number of nitrogens with zero attached hydrogens (tertiary/aromatic N) is 2. The molecule has 2 aliphatic rings. The second-order valence-electron chi connectivity index (χ2n) is 7.55. The van der Waals surface area contributed by atoms with E-state index in [4.69, 9.17) is 28.9 Å². The summed E-state index contributed by atoms with van der Waals surface area (Å²) in [7, 11) is 0. The molecule has 8 heteroatoms. The van der Waals surface area contributed by atoms with E-state index < -0.39 is 5.54 Å². The maximum absolute atomic E-state index is 12.9. The Kier molecular flexibility index (Phi) is 7.42. The van der Waals surface area contributed by atoms with Gasteiger partial charge in [-0.1, -0.05) is 36.0 Å². The Hall–Kier alpha value is -1.01. The molecule has 0 bridgehead atoms. The SMILES string of the molecule is CC1(N)CCCCC1C(=O)N1CCN(C(=O)c2ccc(Cl)cc2Cl)CC1.Cl. The molecule has 0 aromatic heterocycles. The molecule has 1 heterocycles. The van der Waals surface area contributed by atoms with Gasteiger partial charge in [-0.3, -0.25) is 9.59 Å². The molecule has 3 rings (SSSR count). The fourth-order valence-corrected chi connectivity index (χ4v) is 4.44. The monoisotopic (exact) mass is 433 g/mol. The zero-order chi connectivity index (χ0) is 18.9. The molecule has 1 aromatic carbocycles. The smallest absolute Gasteiger partial charge is 0.255 e. The lowest BCUT2D eigenvalue weighted by atomic mass is 9.74. The molecule has 2 amide bonds. The lowest BCUT2D eigenvalue weighted by molar-refractivity contribution is -0.140. The van der Waals surface area contributed by atoms with Crippen molar-refractivity contribution < 1.29 is 9.59 Å². The van der Waals surface area contributed by atoms with Gasteiger partial charge in [0.15, 0.2) is 0 Å². The molecular formula is C19H26Cl3N3O2. The van der Waals surface area contributed by atoms with Crippen LogP contribution >= 0.6 is 35.6 Å². The minimum Gasteiger partial charge on any atom is -0.339 e. The molecule has 27 heavy (non-hydrogen) atoms. The van der Waals surface area contributed by atoms with Crippen molar-refractivity contribution in [1.29, 1.82) is 0 Å². The van der Waals surface area contributed by atoms with Gasteiger partial charge in [0.2, 0.25) is 5.91 Å². The molecule has 2 unspecified atom stereocenters. The van der Waals surface area contributed by atoms with Crippen molar-refractivity contribution in [1.82, 2.24) is 9.80 Å². The van der Waals surface area contributed by atoms with Crippen LogP contribution in [0.25, 0.3) is 0 Å². The van der Waals surface area contributed by atoms with E-state index in [1.165, 1.54) is 0 Å². The molecule has 0 spiro atoms. The molecule has 1 saturated carbocycles. The van der Waals surface area contributed by atoms with Gasteiger partial charge < -0.3 is 15.5 Å². The van der Waals surface area contributed by atoms with Crippen LogP contribution in [-0.2, 0) is 4.79 Å². The number of nitrogens with two attached hydrogens (primary N) is 1. The van der Waals surface area contributed by atoms with Crippen molar-refractivity contribution in [3.8, 4) is 0 Å². The van der Waals surface area contributed by atoms with Gasteiger partial charge in [0, 0.05) is 36.7 Å². The number of carbonyl (C=O) groups excluding carboxylic acids is 2. The van der Waals surface area contributed by atoms with Crippen molar-refractivity contribution in [3.63, 3.8) is 0 Å². The predicted molar refractivity (Wildman–Crippen MR) is 111 cm³/mol. The van der Waals surface area contributed by atoms with Crippen LogP contribution in [0.2, 0.25) is 10.0 Å². The first-order chi connectivity index (χ1) is 12.3. The van der Waals surface area contributed by atoms with E-state index in [-0.39, 0.29) is 30.1 Å². The van der Waals surface area contributed by atoms with Crippen LogP contribution in [0.15, 0.2) is 18.2 Å². The maximum Gasteiger partial charge on any atom is 0.255 e. The highest BCUT2D eigenvalue weighted by Crippen LogP contribution is 2.33. The Morgan fingerprint density at radius 3 is 2.33 bits per heavy atom. The van der Waals surface area contributed by atoms with Crippen LogP contribution in [-0.4, -0.2) is 53.3 Å². The second kappa shape index (κ2) is 8.99. The van der Waals surface area contributed by atoms with Crippen molar-refractivity contribution in [2.24, 2.45) is 11.7 Å². The molecule has 1 saturated heterocycles. The van der Waals surface area contributed by atoms with E-state index in [1.54, 1.807) is 23.1 Å². The number of rotatable bonds is 2. The molecule has 2 fully saturated rings. The Morgan fingerprint density at radius 1 is 1.11 bits per heavy atom. The van der Waals surface area contributed by atoms with Gasteiger partial charge in [0.05, 0.1) is 16.5 Å². The summed E-state index contributed by atoms with van der Waals surface area (Å²) >= 11 is 12.0. The van der Waals surface area contributed by atoms with E-state index in [1.807, 2.05) is 11.8 Å². The van der Waals surface area contributed by atoms with Gasteiger partial charge in [0.1, 0.15) is 0 Å². The second-order valence-corrected chi connectivity index (χ2v) is 8.39. The molecule has 1 aliphatic heterocycles. The van der Waals surface area contributed by atoms with Crippen LogP contribution < -0.4 is 5.73 Å². The standard InChI is InChI=1S/C19H25Cl2N3O2.ClH/c1-19(22)7-3-2-4-15(19)18(26)24-10-8-23(9-11-24)17(25)14-6-5-13(20)12-16(14)21;/h5-6,12,15H,2-4,7-11,22H2,1H3;1H. The minimum absolute atomic E-state index is 0. The van der Waals surface area contributed by atoms with Crippen LogP contribution in [0.5, 0.6) is 0 Å². The van der Waals surface area contributed by atoms with Gasteiger partial charge in [-0.15, -0.1) is 12.4 Å². The average molecular weight is 435 g/mol. The van der Waals surface area contributed by atoms with Crippen molar-refractivity contribution >= 4 is 47.4 Å². The highest BCUT2D eigenvalue weighted by atomic mass is 35.5. The van der Waals surface area contributed by atoms with Gasteiger partial charge in [-0.2, -0.15) is 0 Å². The fraction of sp³-hybridized carbons (Fsp3) is 0.579. The molecule has 2 atom stereocenters. The van der Waals surface area contributed by atoms with Gasteiger partial charge in [-0.25, -0.2) is 0 Å². The Labute approximate surface area is 176 Å². The molecule has 2 N–H and O–H groups in total. The summed E-state index contributed by atoms with van der Waals surface area (Å²) in [5.74, 6) is -0.115. The number of halogens is 3. The summed E-state index contributed by atoms with van der Waals surface area (Å²) in [6.45, 7) is 4.04. The largest absolute Gasteiger partial charge is 0.339 e. The summed E-state index contributed by atoms with van der Waals surface area (Å²) in [6.07, 6.45) is 3.87. The zero-order valence-corrected chi connectivity index (χ0v) is 17.7. The summed E-state index contributed by atoms with van der Waals surface area (Å²) in [6, 6.07) is 4.87. The lowest BCUT2D eigenvalue weighted by Gasteiger charge is -2.42. The molecule has 5 nitrogen and oxygen atoms in total. The summed E-state index contributed by atoms with van der Waals surface area (Å²) in [4.78, 5) is 29.2. The topological polar surface area (TPSA) is 66.6 Å². The maximum atomic E-state index is 12.9. The van der Waals surface area contributed by atoms with E-state index in [0.717, 1.165) is 25.7 Å². The van der Waals surface area contributed by atoms with Crippen LogP contribution in [0.3, 0.4) is 0 Å². The van der Waals surface area contributed by atoms with Gasteiger partial charge >= 0.3 is 0 Å². The zero-order valence-electron chi connectivity index (χ0n) is 15.4. The summed E-state index contributed by atoms with van der Waals surface area (Å²) < 4.78 is 0. The predicted octanol–water partition coefficient (Wildman–Crippen LogP) is 3.61. The third-order valence-electron chi connectivity index (χ3n) is 5.59. The Bertz CT molecular complexity index is 703. The van der Waals surface area contributed by atoms with Crippen LogP contribution in [0.4, 0.5) is 0 Å². The Balaban J connectivity index is 0.00000261. The van der Waals surface area contributed by atoms with E-state index >= 15 is 0 Å². The average Bonchev–Trinajstić information content (AvgIpc) is 2.60. The minimum atomic E-state index is -0.431. The number of carbonyl (C=O) groups is 2. The first-order valence-electron chi connectivity index (χ1n) is 9.11. The molecule has 1 aromatic rings. The summed E-state index contributed by atoms with van der Waals surface area (Å²) in [5, 5.41) is 0.849. The van der Waals surface area contributed by atoms with E-state index in [9.17, 15) is 9.59 Å². The number of hydrogen-bond donors (Lipinski definition) is 1. The van der Waals surface area contributed by atoms with Crippen molar-refractivity contribution in [2.75, 3.05) is 26.2 Å². The first kappa shape index (κ1) is 22.3. The number of amides is 2. The Morgan fingerprint density at radius 2 is 1.74 bits per heavy atom. The van der Waals surface area contributed by atoms with E-state index in [2.05, 4.69) is 0 Å². The van der Waals surface area contributed by atoms with Crippen LogP contribution in [0.1, 0.15) is 43.0 Å². The normalized spacial score (nSPS) is 25.7. The number of hydrogen-bond acceptors (Lipinski definition) is 3. The lowest BCUT2D eigenvalue weighted by Crippen LogP contribution is -2.57. The van der Waals surface area contributed by atoms with Gasteiger partial charge in [0.25, 0.3) is 5.91 Å². The number of piperazine rings is 1. The van der Waals surface area contributed by atoms with E-state index in [0.29, 0.717) is 41.8 Å². The van der Waals surface area contributed by atoms with Gasteiger partial charge in [-0.05, 0) is 38.0 Å². The quantitative estimate of drug-likeness (QED) is 0.773. The summed E-state index contributed by atoms with van der Waals surface area (Å²) in [5.41, 5.74) is 6.38. The third-order valence-corrected chi connectivity index (χ3v) is 6.14. The third kappa shape index (κ3) is 4.89. The van der Waals surface area contributed by atoms with Crippen LogP contribution in [0, 0.1) is 5.92 Å². The first-order valence-corrected chi connectivity index (χ1v) is 9.87.